The van der Waals surface area contributed by atoms with Crippen molar-refractivity contribution in [3.63, 3.8) is 0 Å². The first kappa shape index (κ1) is 11.2. The van der Waals surface area contributed by atoms with Crippen LogP contribution in [0, 0.1) is 0 Å². The molecule has 1 heterocycles. The van der Waals surface area contributed by atoms with Gasteiger partial charge in [-0.25, -0.2) is 0 Å². The molecule has 78 valence electrons. The summed E-state index contributed by atoms with van der Waals surface area (Å²) in [7, 11) is 0. The Morgan fingerprint density at radius 3 is 2.80 bits per heavy atom. The van der Waals surface area contributed by atoms with Crippen LogP contribution in [0.15, 0.2) is 44.7 Å². The second kappa shape index (κ2) is 5.14. The van der Waals surface area contributed by atoms with Gasteiger partial charge in [0.2, 0.25) is 0 Å². The minimum Gasteiger partial charge on any atom is -0.379 e. The Labute approximate surface area is 110 Å². The summed E-state index contributed by atoms with van der Waals surface area (Å²) in [6.45, 7) is 0.868. The predicted octanol–water partition coefficient (Wildman–Crippen LogP) is 4.89. The zero-order valence-corrected chi connectivity index (χ0v) is 11.8. The molecule has 0 atom stereocenters. The molecule has 0 aliphatic rings. The van der Waals surface area contributed by atoms with Crippen molar-refractivity contribution in [2.75, 3.05) is 5.32 Å². The number of thiophene rings is 1. The Hall–Kier alpha value is -0.320. The first-order chi connectivity index (χ1) is 7.25. The molecule has 0 saturated carbocycles. The molecule has 2 aromatic rings. The van der Waals surface area contributed by atoms with E-state index in [4.69, 9.17) is 0 Å². The molecule has 4 heteroatoms. The minimum absolute atomic E-state index is 0.868. The Balaban J connectivity index is 2.07. The molecule has 0 unspecified atom stereocenters. The zero-order chi connectivity index (χ0) is 10.7. The number of hydrogen-bond acceptors (Lipinski definition) is 2. The van der Waals surface area contributed by atoms with E-state index in [0.717, 1.165) is 21.2 Å². The topological polar surface area (TPSA) is 12.0 Å². The quantitative estimate of drug-likeness (QED) is 0.834. The van der Waals surface area contributed by atoms with Gasteiger partial charge in [-0.3, -0.25) is 0 Å². The van der Waals surface area contributed by atoms with Crippen LogP contribution < -0.4 is 5.32 Å². The average Bonchev–Trinajstić information content (AvgIpc) is 2.72. The molecule has 0 aliphatic heterocycles. The van der Waals surface area contributed by atoms with Crippen molar-refractivity contribution in [1.82, 2.24) is 0 Å². The molecule has 0 amide bonds. The Bertz CT molecular complexity index is 440. The van der Waals surface area contributed by atoms with Crippen molar-refractivity contribution < 1.29 is 0 Å². The van der Waals surface area contributed by atoms with E-state index in [-0.39, 0.29) is 0 Å². The summed E-state index contributed by atoms with van der Waals surface area (Å²) < 4.78 is 2.17. The van der Waals surface area contributed by atoms with E-state index in [1.165, 1.54) is 4.88 Å². The second-order valence-electron chi connectivity index (χ2n) is 3.06. The lowest BCUT2D eigenvalue weighted by Gasteiger charge is -2.07. The highest BCUT2D eigenvalue weighted by Crippen LogP contribution is 2.26. The van der Waals surface area contributed by atoms with Gasteiger partial charge in [0.1, 0.15) is 0 Å². The second-order valence-corrected chi connectivity index (χ2v) is 5.86. The largest absolute Gasteiger partial charge is 0.379 e. The summed E-state index contributed by atoms with van der Waals surface area (Å²) >= 11 is 8.73. The number of benzene rings is 1. The van der Waals surface area contributed by atoms with E-state index in [1.54, 1.807) is 11.3 Å². The summed E-state index contributed by atoms with van der Waals surface area (Å²) in [5, 5.41) is 5.48. The number of halogens is 2. The van der Waals surface area contributed by atoms with E-state index in [9.17, 15) is 0 Å². The van der Waals surface area contributed by atoms with Gasteiger partial charge in [-0.2, -0.15) is 0 Å². The molecule has 0 saturated heterocycles. The van der Waals surface area contributed by atoms with Crippen molar-refractivity contribution in [2.24, 2.45) is 0 Å². The maximum Gasteiger partial charge on any atom is 0.0498 e. The van der Waals surface area contributed by atoms with E-state index in [2.05, 4.69) is 60.8 Å². The fourth-order valence-corrected chi connectivity index (χ4v) is 2.62. The molecule has 1 aromatic carbocycles. The Kier molecular flexibility index (Phi) is 3.83. The highest BCUT2D eigenvalue weighted by atomic mass is 79.9. The Morgan fingerprint density at radius 1 is 1.20 bits per heavy atom. The smallest absolute Gasteiger partial charge is 0.0498 e. The molecule has 1 aromatic heterocycles. The molecule has 0 spiro atoms. The van der Waals surface area contributed by atoms with Gasteiger partial charge in [0.25, 0.3) is 0 Å². The van der Waals surface area contributed by atoms with Crippen molar-refractivity contribution in [3.8, 4) is 0 Å². The predicted molar refractivity (Wildman–Crippen MR) is 73.5 cm³/mol. The minimum atomic E-state index is 0.868. The normalized spacial score (nSPS) is 10.3. The monoisotopic (exact) mass is 345 g/mol. The molecule has 2 rings (SSSR count). The van der Waals surface area contributed by atoms with E-state index in [1.807, 2.05) is 12.1 Å². The van der Waals surface area contributed by atoms with Gasteiger partial charge < -0.3 is 5.32 Å². The first-order valence-corrected chi connectivity index (χ1v) is 6.93. The molecule has 1 N–H and O–H groups in total. The van der Waals surface area contributed by atoms with Gasteiger partial charge in [0.15, 0.2) is 0 Å². The fraction of sp³-hybridized carbons (Fsp3) is 0.0909. The highest BCUT2D eigenvalue weighted by Gasteiger charge is 2.00. The van der Waals surface area contributed by atoms with Crippen molar-refractivity contribution in [2.45, 2.75) is 6.54 Å². The summed E-state index contributed by atoms with van der Waals surface area (Å²) in [6.07, 6.45) is 0. The lowest BCUT2D eigenvalue weighted by molar-refractivity contribution is 1.19. The molecule has 1 nitrogen and oxygen atoms in total. The van der Waals surface area contributed by atoms with Crippen LogP contribution in [0.2, 0.25) is 0 Å². The van der Waals surface area contributed by atoms with Crippen molar-refractivity contribution in [1.29, 1.82) is 0 Å². The van der Waals surface area contributed by atoms with E-state index >= 15 is 0 Å². The van der Waals surface area contributed by atoms with Crippen molar-refractivity contribution in [3.05, 3.63) is 49.5 Å². The molecule has 0 fully saturated rings. The average molecular weight is 347 g/mol. The van der Waals surface area contributed by atoms with E-state index in [0.29, 0.717) is 0 Å². The summed E-state index contributed by atoms with van der Waals surface area (Å²) in [6, 6.07) is 10.3. The zero-order valence-electron chi connectivity index (χ0n) is 7.84. The van der Waals surface area contributed by atoms with Crippen molar-refractivity contribution >= 4 is 48.9 Å². The van der Waals surface area contributed by atoms with Gasteiger partial charge in [-0.1, -0.05) is 22.0 Å². The molecule has 0 aliphatic carbocycles. The number of rotatable bonds is 3. The summed E-state index contributed by atoms with van der Waals surface area (Å²) in [5.41, 5.74) is 1.11. The van der Waals surface area contributed by atoms with Gasteiger partial charge >= 0.3 is 0 Å². The van der Waals surface area contributed by atoms with Crippen LogP contribution in [0.25, 0.3) is 0 Å². The van der Waals surface area contributed by atoms with Crippen LogP contribution >= 0.6 is 43.2 Å². The highest BCUT2D eigenvalue weighted by molar-refractivity contribution is 9.11. The summed E-state index contributed by atoms with van der Waals surface area (Å²) in [5.74, 6) is 0. The Morgan fingerprint density at radius 2 is 2.07 bits per heavy atom. The van der Waals surface area contributed by atoms with Crippen LogP contribution in [0.1, 0.15) is 4.88 Å². The van der Waals surface area contributed by atoms with Crippen LogP contribution in [-0.2, 0) is 6.54 Å². The van der Waals surface area contributed by atoms with Gasteiger partial charge in [-0.15, -0.1) is 11.3 Å². The molecule has 15 heavy (non-hydrogen) atoms. The van der Waals surface area contributed by atoms with Gasteiger partial charge in [0.05, 0.1) is 0 Å². The van der Waals surface area contributed by atoms with Gasteiger partial charge in [-0.05, 0) is 45.6 Å². The van der Waals surface area contributed by atoms with Crippen LogP contribution in [-0.4, -0.2) is 0 Å². The number of hydrogen-bond donors (Lipinski definition) is 1. The van der Waals surface area contributed by atoms with Crippen LogP contribution in [0.5, 0.6) is 0 Å². The third-order valence-electron chi connectivity index (χ3n) is 1.96. The number of anilines is 1. The maximum absolute atomic E-state index is 3.51. The standard InChI is InChI=1S/C11H9Br2NS/c12-8-3-4-10(13)11(6-8)14-7-9-2-1-5-15-9/h1-6,14H,7H2. The maximum atomic E-state index is 3.51. The summed E-state index contributed by atoms with van der Waals surface area (Å²) in [4.78, 5) is 1.34. The molecule has 0 bridgehead atoms. The van der Waals surface area contributed by atoms with Crippen LogP contribution in [0.3, 0.4) is 0 Å². The van der Waals surface area contributed by atoms with Crippen LogP contribution in [0.4, 0.5) is 5.69 Å². The third-order valence-corrected chi connectivity index (χ3v) is 4.02. The third kappa shape index (κ3) is 3.06. The number of nitrogens with one attached hydrogen (secondary N) is 1. The van der Waals surface area contributed by atoms with Gasteiger partial charge in [0, 0.05) is 26.1 Å². The lowest BCUT2D eigenvalue weighted by atomic mass is 10.3. The molecular weight excluding hydrogens is 338 g/mol. The first-order valence-electron chi connectivity index (χ1n) is 4.47. The lowest BCUT2D eigenvalue weighted by Crippen LogP contribution is -1.97. The molecular formula is C11H9Br2NS. The SMILES string of the molecule is Brc1ccc(Br)c(NCc2cccs2)c1. The molecule has 0 radical (unpaired) electrons. The van der Waals surface area contributed by atoms with E-state index < -0.39 is 0 Å². The fourth-order valence-electron chi connectivity index (χ4n) is 1.23.